The molecule has 20 heavy (non-hydrogen) atoms. The van der Waals surface area contributed by atoms with Gasteiger partial charge in [0.2, 0.25) is 11.8 Å². The maximum absolute atomic E-state index is 12.7. The number of carbonyl (C=O) groups is 3. The highest BCUT2D eigenvalue weighted by atomic mass is 16.2. The first-order valence-corrected chi connectivity index (χ1v) is 6.83. The second-order valence-electron chi connectivity index (χ2n) is 5.90. The fourth-order valence-corrected chi connectivity index (χ4v) is 3.76. The third kappa shape index (κ3) is 1.45. The highest BCUT2D eigenvalue weighted by molar-refractivity contribution is 6.14. The minimum atomic E-state index is -0.634. The second kappa shape index (κ2) is 4.01. The molecule has 0 unspecified atom stereocenters. The van der Waals surface area contributed by atoms with Crippen LogP contribution in [0.25, 0.3) is 0 Å². The lowest BCUT2D eigenvalue weighted by Gasteiger charge is -2.18. The van der Waals surface area contributed by atoms with Gasteiger partial charge in [0.15, 0.2) is 5.78 Å². The van der Waals surface area contributed by atoms with Crippen LogP contribution in [0, 0.1) is 19.8 Å². The van der Waals surface area contributed by atoms with Gasteiger partial charge in [-0.25, -0.2) is 0 Å². The topological polar surface area (TPSA) is 54.5 Å². The van der Waals surface area contributed by atoms with Crippen molar-refractivity contribution < 1.29 is 14.4 Å². The summed E-state index contributed by atoms with van der Waals surface area (Å²) < 4.78 is 0. The van der Waals surface area contributed by atoms with Crippen molar-refractivity contribution in [2.75, 3.05) is 0 Å². The lowest BCUT2D eigenvalue weighted by molar-refractivity contribution is -0.143. The fourth-order valence-electron chi connectivity index (χ4n) is 3.76. The van der Waals surface area contributed by atoms with E-state index < -0.39 is 6.04 Å². The summed E-state index contributed by atoms with van der Waals surface area (Å²) in [6.45, 7) is 7.05. The van der Waals surface area contributed by atoms with E-state index >= 15 is 0 Å². The number of rotatable bonds is 0. The van der Waals surface area contributed by atoms with E-state index in [0.29, 0.717) is 5.56 Å². The molecule has 1 heterocycles. The van der Waals surface area contributed by atoms with E-state index in [1.807, 2.05) is 32.9 Å². The molecule has 3 rings (SSSR count). The number of nitrogens with zero attached hydrogens (tertiary/aromatic N) is 1. The molecule has 1 aliphatic carbocycles. The van der Waals surface area contributed by atoms with Crippen molar-refractivity contribution in [1.82, 2.24) is 4.90 Å². The molecule has 1 fully saturated rings. The summed E-state index contributed by atoms with van der Waals surface area (Å²) in [5.41, 5.74) is 3.65. The molecule has 3 atom stereocenters. The van der Waals surface area contributed by atoms with Gasteiger partial charge in [0, 0.05) is 24.3 Å². The van der Waals surface area contributed by atoms with Crippen molar-refractivity contribution in [2.24, 2.45) is 5.92 Å². The van der Waals surface area contributed by atoms with Gasteiger partial charge in [-0.05, 0) is 25.0 Å². The van der Waals surface area contributed by atoms with E-state index in [2.05, 4.69) is 0 Å². The Labute approximate surface area is 117 Å². The number of carbonyl (C=O) groups excluding carboxylic acids is 3. The van der Waals surface area contributed by atoms with Gasteiger partial charge in [-0.15, -0.1) is 0 Å². The SMILES string of the molecule is CC(=O)N1C(=O)[C@@H](C)[C@H]2c3cc(C)cc(C)c3C(=O)[C@H]21. The summed E-state index contributed by atoms with van der Waals surface area (Å²) in [5, 5.41) is 0. The minimum Gasteiger partial charge on any atom is -0.292 e. The van der Waals surface area contributed by atoms with Crippen LogP contribution in [-0.2, 0) is 9.59 Å². The first-order valence-electron chi connectivity index (χ1n) is 6.83. The quantitative estimate of drug-likeness (QED) is 0.725. The van der Waals surface area contributed by atoms with Gasteiger partial charge in [-0.3, -0.25) is 19.3 Å². The van der Waals surface area contributed by atoms with Crippen molar-refractivity contribution in [1.29, 1.82) is 0 Å². The van der Waals surface area contributed by atoms with Crippen LogP contribution in [-0.4, -0.2) is 28.5 Å². The molecule has 4 nitrogen and oxygen atoms in total. The van der Waals surface area contributed by atoms with Gasteiger partial charge in [0.25, 0.3) is 0 Å². The van der Waals surface area contributed by atoms with Crippen LogP contribution in [0.5, 0.6) is 0 Å². The van der Waals surface area contributed by atoms with Crippen LogP contribution in [0.2, 0.25) is 0 Å². The molecule has 0 radical (unpaired) electrons. The van der Waals surface area contributed by atoms with Crippen molar-refractivity contribution >= 4 is 17.6 Å². The molecule has 1 aromatic carbocycles. The number of likely N-dealkylation sites (tertiary alicyclic amines) is 1. The maximum atomic E-state index is 12.7. The Morgan fingerprint density at radius 3 is 2.45 bits per heavy atom. The highest BCUT2D eigenvalue weighted by Crippen LogP contribution is 2.47. The summed E-state index contributed by atoms with van der Waals surface area (Å²) in [6.07, 6.45) is 0. The number of amides is 2. The zero-order chi connectivity index (χ0) is 14.8. The standard InChI is InChI=1S/C16H17NO3/c1-7-5-8(2)12-11(6-7)13-9(3)16(20)17(10(4)18)14(13)15(12)19/h5-6,9,13-14H,1-4H3/t9-,13-,14-/m0/s1. The molecule has 104 valence electrons. The second-order valence-corrected chi connectivity index (χ2v) is 5.90. The lowest BCUT2D eigenvalue weighted by atomic mass is 9.88. The number of ketones is 1. The summed E-state index contributed by atoms with van der Waals surface area (Å²) in [6, 6.07) is 3.33. The number of hydrogen-bond donors (Lipinski definition) is 0. The van der Waals surface area contributed by atoms with E-state index in [1.54, 1.807) is 0 Å². The van der Waals surface area contributed by atoms with Crippen LogP contribution < -0.4 is 0 Å². The highest BCUT2D eigenvalue weighted by Gasteiger charge is 2.56. The molecule has 0 saturated carbocycles. The summed E-state index contributed by atoms with van der Waals surface area (Å²) in [5.74, 6) is -1.17. The average Bonchev–Trinajstić information content (AvgIpc) is 2.75. The fraction of sp³-hybridized carbons (Fsp3) is 0.438. The Kier molecular flexibility index (Phi) is 2.61. The van der Waals surface area contributed by atoms with Gasteiger partial charge >= 0.3 is 0 Å². The number of imide groups is 1. The molecule has 1 saturated heterocycles. The third-order valence-electron chi connectivity index (χ3n) is 4.51. The van der Waals surface area contributed by atoms with Gasteiger partial charge in [0.05, 0.1) is 0 Å². The Morgan fingerprint density at radius 2 is 1.85 bits per heavy atom. The number of aryl methyl sites for hydroxylation is 2. The smallest absolute Gasteiger partial charge is 0.233 e. The molecule has 0 aromatic heterocycles. The number of hydrogen-bond acceptors (Lipinski definition) is 3. The molecule has 1 aromatic rings. The summed E-state index contributed by atoms with van der Waals surface area (Å²) in [7, 11) is 0. The van der Waals surface area contributed by atoms with Crippen LogP contribution in [0.1, 0.15) is 46.8 Å². The van der Waals surface area contributed by atoms with Crippen LogP contribution in [0.3, 0.4) is 0 Å². The predicted molar refractivity (Wildman–Crippen MR) is 73.5 cm³/mol. The van der Waals surface area contributed by atoms with Crippen LogP contribution in [0.4, 0.5) is 0 Å². The van der Waals surface area contributed by atoms with E-state index in [9.17, 15) is 14.4 Å². The molecular weight excluding hydrogens is 254 g/mol. The predicted octanol–water partition coefficient (Wildman–Crippen LogP) is 1.98. The zero-order valence-electron chi connectivity index (χ0n) is 12.1. The average molecular weight is 271 g/mol. The van der Waals surface area contributed by atoms with E-state index in [1.165, 1.54) is 6.92 Å². The van der Waals surface area contributed by atoms with Crippen molar-refractivity contribution in [2.45, 2.75) is 39.7 Å². The lowest BCUT2D eigenvalue weighted by Crippen LogP contribution is -2.41. The monoisotopic (exact) mass is 271 g/mol. The van der Waals surface area contributed by atoms with Gasteiger partial charge in [-0.2, -0.15) is 0 Å². The summed E-state index contributed by atoms with van der Waals surface area (Å²) >= 11 is 0. The Bertz CT molecular complexity index is 662. The largest absolute Gasteiger partial charge is 0.292 e. The number of benzene rings is 1. The van der Waals surface area contributed by atoms with Gasteiger partial charge in [0.1, 0.15) is 6.04 Å². The summed E-state index contributed by atoms with van der Waals surface area (Å²) in [4.78, 5) is 37.8. The van der Waals surface area contributed by atoms with Crippen molar-refractivity contribution in [3.05, 3.63) is 34.4 Å². The van der Waals surface area contributed by atoms with E-state index in [0.717, 1.165) is 21.6 Å². The zero-order valence-corrected chi connectivity index (χ0v) is 12.1. The Morgan fingerprint density at radius 1 is 1.20 bits per heavy atom. The van der Waals surface area contributed by atoms with E-state index in [-0.39, 0.29) is 29.4 Å². The molecule has 2 aliphatic rings. The number of Topliss-reactive ketones (excluding diaryl/α,β-unsaturated/α-hetero) is 1. The third-order valence-corrected chi connectivity index (χ3v) is 4.51. The number of fused-ring (bicyclic) bond motifs is 3. The van der Waals surface area contributed by atoms with Crippen LogP contribution >= 0.6 is 0 Å². The first-order chi connectivity index (χ1) is 9.34. The molecule has 0 bridgehead atoms. The molecule has 1 aliphatic heterocycles. The van der Waals surface area contributed by atoms with Crippen molar-refractivity contribution in [3.8, 4) is 0 Å². The molecule has 2 amide bonds. The Hall–Kier alpha value is -1.97. The molecular formula is C16H17NO3. The van der Waals surface area contributed by atoms with Crippen molar-refractivity contribution in [3.63, 3.8) is 0 Å². The first kappa shape index (κ1) is 13.0. The van der Waals surface area contributed by atoms with E-state index in [4.69, 9.17) is 0 Å². The minimum absolute atomic E-state index is 0.0876. The maximum Gasteiger partial charge on any atom is 0.233 e. The Balaban J connectivity index is 2.23. The molecule has 4 heteroatoms. The normalized spacial score (nSPS) is 27.8. The molecule has 0 spiro atoms. The molecule has 0 N–H and O–H groups in total. The van der Waals surface area contributed by atoms with Crippen LogP contribution in [0.15, 0.2) is 12.1 Å². The van der Waals surface area contributed by atoms with Gasteiger partial charge < -0.3 is 0 Å². The van der Waals surface area contributed by atoms with Gasteiger partial charge in [-0.1, -0.05) is 24.6 Å².